The largest absolute Gasteiger partial charge is 0.468 e. The van der Waals surface area contributed by atoms with E-state index in [1.807, 2.05) is 25.1 Å². The molecule has 0 radical (unpaired) electrons. The highest BCUT2D eigenvalue weighted by atomic mass is 32.2. The topological polar surface area (TPSA) is 93.9 Å². The van der Waals surface area contributed by atoms with Crippen molar-refractivity contribution < 1.29 is 19.2 Å². The summed E-state index contributed by atoms with van der Waals surface area (Å²) >= 11 is 1.55. The molecule has 0 saturated carbocycles. The summed E-state index contributed by atoms with van der Waals surface area (Å²) in [6.07, 6.45) is 0.546. The zero-order valence-electron chi connectivity index (χ0n) is 14.9. The van der Waals surface area contributed by atoms with Crippen molar-refractivity contribution >= 4 is 35.2 Å². The van der Waals surface area contributed by atoms with Gasteiger partial charge in [0, 0.05) is 30.3 Å². The van der Waals surface area contributed by atoms with Crippen LogP contribution in [0.1, 0.15) is 17.9 Å². The van der Waals surface area contributed by atoms with Gasteiger partial charge in [0.2, 0.25) is 6.41 Å². The molecule has 0 bridgehead atoms. The Balaban J connectivity index is 1.80. The summed E-state index contributed by atoms with van der Waals surface area (Å²) in [7, 11) is 1.48. The highest BCUT2D eigenvalue weighted by Gasteiger charge is 2.26. The van der Waals surface area contributed by atoms with Crippen LogP contribution in [0.3, 0.4) is 0 Å². The van der Waals surface area contributed by atoms with Gasteiger partial charge in [-0.25, -0.2) is 0 Å². The molecule has 1 unspecified atom stereocenters. The number of nitrogens with zero attached hydrogens (tertiary/aromatic N) is 2. The van der Waals surface area contributed by atoms with Crippen molar-refractivity contribution in [3.05, 3.63) is 52.1 Å². The van der Waals surface area contributed by atoms with E-state index in [9.17, 15) is 14.9 Å². The quantitative estimate of drug-likeness (QED) is 0.241. The number of hydrogen-bond acceptors (Lipinski definition) is 7. The molecule has 2 aromatic rings. The summed E-state index contributed by atoms with van der Waals surface area (Å²) in [5.74, 6) is 0.700. The maximum atomic E-state index is 11.4. The predicted molar refractivity (Wildman–Crippen MR) is 103 cm³/mol. The number of rotatable bonds is 8. The SMILES string of the molecule is CCOCOc1ccc2c(c1)SC(c1ccc(N(C)C=O)c([N+](=O)[O-])c1)N2. The minimum absolute atomic E-state index is 0.110. The van der Waals surface area contributed by atoms with E-state index < -0.39 is 4.92 Å². The molecular weight excluding hydrogens is 370 g/mol. The minimum Gasteiger partial charge on any atom is -0.468 e. The van der Waals surface area contributed by atoms with Gasteiger partial charge in [0.25, 0.3) is 5.69 Å². The summed E-state index contributed by atoms with van der Waals surface area (Å²) in [4.78, 5) is 24.1. The Morgan fingerprint density at radius 1 is 1.33 bits per heavy atom. The average molecular weight is 389 g/mol. The van der Waals surface area contributed by atoms with E-state index in [1.165, 1.54) is 18.0 Å². The van der Waals surface area contributed by atoms with Crippen LogP contribution in [0.15, 0.2) is 41.3 Å². The fourth-order valence-electron chi connectivity index (χ4n) is 2.66. The first-order valence-electron chi connectivity index (χ1n) is 8.27. The third-order valence-electron chi connectivity index (χ3n) is 4.03. The van der Waals surface area contributed by atoms with Gasteiger partial charge in [0.15, 0.2) is 6.79 Å². The molecule has 0 aromatic heterocycles. The molecule has 1 amide bonds. The van der Waals surface area contributed by atoms with E-state index in [-0.39, 0.29) is 23.5 Å². The summed E-state index contributed by atoms with van der Waals surface area (Å²) in [5, 5.41) is 14.6. The second kappa shape index (κ2) is 8.28. The molecule has 9 heteroatoms. The van der Waals surface area contributed by atoms with Gasteiger partial charge in [0.1, 0.15) is 16.8 Å². The molecule has 0 saturated heterocycles. The van der Waals surface area contributed by atoms with E-state index >= 15 is 0 Å². The molecule has 1 aliphatic rings. The van der Waals surface area contributed by atoms with E-state index in [0.29, 0.717) is 18.8 Å². The van der Waals surface area contributed by atoms with Gasteiger partial charge in [-0.2, -0.15) is 0 Å². The van der Waals surface area contributed by atoms with Crippen LogP contribution in [-0.2, 0) is 9.53 Å². The Bertz CT molecular complexity index is 861. The highest BCUT2D eigenvalue weighted by Crippen LogP contribution is 2.48. The second-order valence-electron chi connectivity index (χ2n) is 5.78. The van der Waals surface area contributed by atoms with E-state index in [4.69, 9.17) is 9.47 Å². The number of ether oxygens (including phenoxy) is 2. The molecule has 1 atom stereocenters. The number of amides is 1. The number of carbonyl (C=O) groups is 1. The fourth-order valence-corrected chi connectivity index (χ4v) is 3.82. The molecule has 1 heterocycles. The molecule has 2 aromatic carbocycles. The molecule has 142 valence electrons. The average Bonchev–Trinajstić information content (AvgIpc) is 3.10. The molecule has 0 fully saturated rings. The lowest BCUT2D eigenvalue weighted by atomic mass is 10.1. The van der Waals surface area contributed by atoms with Crippen LogP contribution >= 0.6 is 11.8 Å². The first-order valence-corrected chi connectivity index (χ1v) is 9.15. The smallest absolute Gasteiger partial charge is 0.293 e. The number of benzene rings is 2. The van der Waals surface area contributed by atoms with Crippen LogP contribution in [0.2, 0.25) is 0 Å². The Morgan fingerprint density at radius 3 is 2.85 bits per heavy atom. The lowest BCUT2D eigenvalue weighted by molar-refractivity contribution is -0.384. The molecule has 1 aliphatic heterocycles. The number of thioether (sulfide) groups is 1. The molecule has 3 rings (SSSR count). The normalized spacial score (nSPS) is 15.0. The maximum Gasteiger partial charge on any atom is 0.293 e. The maximum absolute atomic E-state index is 11.4. The second-order valence-corrected chi connectivity index (χ2v) is 6.92. The lowest BCUT2D eigenvalue weighted by Gasteiger charge is -2.15. The van der Waals surface area contributed by atoms with E-state index in [2.05, 4.69) is 5.32 Å². The van der Waals surface area contributed by atoms with Crippen molar-refractivity contribution in [1.82, 2.24) is 0 Å². The summed E-state index contributed by atoms with van der Waals surface area (Å²) < 4.78 is 10.7. The third-order valence-corrected chi connectivity index (χ3v) is 5.25. The number of hydrogen-bond donors (Lipinski definition) is 1. The summed E-state index contributed by atoms with van der Waals surface area (Å²) in [5.41, 5.74) is 1.83. The van der Waals surface area contributed by atoms with Crippen molar-refractivity contribution in [3.8, 4) is 5.75 Å². The first kappa shape index (κ1) is 19.0. The number of nitro benzene ring substituents is 1. The van der Waals surface area contributed by atoms with Crippen LogP contribution in [0.4, 0.5) is 17.1 Å². The number of anilines is 2. The minimum atomic E-state index is -0.481. The van der Waals surface area contributed by atoms with Crippen LogP contribution in [0, 0.1) is 10.1 Å². The molecular formula is C18H19N3O5S. The van der Waals surface area contributed by atoms with Gasteiger partial charge in [-0.15, -0.1) is 0 Å². The van der Waals surface area contributed by atoms with Crippen LogP contribution in [0.5, 0.6) is 5.75 Å². The zero-order valence-corrected chi connectivity index (χ0v) is 15.7. The fraction of sp³-hybridized carbons (Fsp3) is 0.278. The Hall–Kier alpha value is -2.78. The van der Waals surface area contributed by atoms with Gasteiger partial charge in [0.05, 0.1) is 4.92 Å². The third kappa shape index (κ3) is 4.15. The molecule has 27 heavy (non-hydrogen) atoms. The van der Waals surface area contributed by atoms with Crippen molar-refractivity contribution in [2.24, 2.45) is 0 Å². The Kier molecular flexibility index (Phi) is 5.82. The first-order chi connectivity index (χ1) is 13.0. The number of carbonyl (C=O) groups excluding carboxylic acids is 1. The number of fused-ring (bicyclic) bond motifs is 1. The van der Waals surface area contributed by atoms with E-state index in [1.54, 1.807) is 23.9 Å². The molecule has 8 nitrogen and oxygen atoms in total. The Labute approximate surface area is 160 Å². The molecule has 1 N–H and O–H groups in total. The van der Waals surface area contributed by atoms with Crippen molar-refractivity contribution in [3.63, 3.8) is 0 Å². The highest BCUT2D eigenvalue weighted by molar-refractivity contribution is 8.00. The Morgan fingerprint density at radius 2 is 2.15 bits per heavy atom. The zero-order chi connectivity index (χ0) is 19.4. The summed E-state index contributed by atoms with van der Waals surface area (Å²) in [6, 6.07) is 10.5. The monoisotopic (exact) mass is 389 g/mol. The van der Waals surface area contributed by atoms with Gasteiger partial charge < -0.3 is 19.7 Å². The van der Waals surface area contributed by atoms with Crippen molar-refractivity contribution in [2.45, 2.75) is 17.2 Å². The number of nitrogens with one attached hydrogen (secondary N) is 1. The van der Waals surface area contributed by atoms with Crippen LogP contribution in [0.25, 0.3) is 0 Å². The lowest BCUT2D eigenvalue weighted by Crippen LogP contribution is -2.15. The van der Waals surface area contributed by atoms with Gasteiger partial charge in [-0.1, -0.05) is 17.8 Å². The van der Waals surface area contributed by atoms with Crippen molar-refractivity contribution in [2.75, 3.05) is 30.7 Å². The number of nitro groups is 1. The standard InChI is InChI=1S/C18H19N3O5S/c1-3-25-11-26-13-5-6-14-17(9-13)27-18(19-14)12-4-7-15(20(2)10-22)16(8-12)21(23)24/h4-10,18-19H,3,11H2,1-2H3. The molecule has 0 spiro atoms. The van der Waals surface area contributed by atoms with Gasteiger partial charge >= 0.3 is 0 Å². The van der Waals surface area contributed by atoms with Gasteiger partial charge in [-0.3, -0.25) is 14.9 Å². The molecule has 0 aliphatic carbocycles. The summed E-state index contributed by atoms with van der Waals surface area (Å²) in [6.45, 7) is 2.67. The predicted octanol–water partition coefficient (Wildman–Crippen LogP) is 3.78. The van der Waals surface area contributed by atoms with Gasteiger partial charge in [-0.05, 0) is 36.8 Å². The van der Waals surface area contributed by atoms with Crippen molar-refractivity contribution in [1.29, 1.82) is 0 Å². The van der Waals surface area contributed by atoms with E-state index in [0.717, 1.165) is 16.1 Å². The van der Waals surface area contributed by atoms with Crippen LogP contribution in [-0.4, -0.2) is 31.8 Å². The van der Waals surface area contributed by atoms with Crippen LogP contribution < -0.4 is 15.0 Å².